The smallest absolute Gasteiger partial charge is 0.118 e. The lowest BCUT2D eigenvalue weighted by Crippen LogP contribution is -2.32. The number of rotatable bonds is 8. The highest BCUT2D eigenvalue weighted by molar-refractivity contribution is 5.93. The van der Waals surface area contributed by atoms with Crippen LogP contribution in [0.25, 0.3) is 11.3 Å². The zero-order chi connectivity index (χ0) is 19.2. The largest absolute Gasteiger partial charge is 0.497 e. The molecule has 0 spiro atoms. The molecule has 1 atom stereocenters. The van der Waals surface area contributed by atoms with E-state index in [0.717, 1.165) is 25.1 Å². The van der Waals surface area contributed by atoms with Crippen LogP contribution in [0.1, 0.15) is 35.6 Å². The maximum atomic E-state index is 5.35. The van der Waals surface area contributed by atoms with Gasteiger partial charge in [-0.05, 0) is 59.4 Å². The molecule has 1 unspecified atom stereocenters. The lowest BCUT2D eigenvalue weighted by Gasteiger charge is -2.41. The number of allylic oxidation sites excluding steroid dienone is 2. The molecule has 1 aliphatic heterocycles. The van der Waals surface area contributed by atoms with Crippen molar-refractivity contribution in [1.82, 2.24) is 4.90 Å². The molecular formula is C25H27NO. The summed E-state index contributed by atoms with van der Waals surface area (Å²) < 4.78 is 5.35. The summed E-state index contributed by atoms with van der Waals surface area (Å²) in [6.45, 7) is 12.8. The van der Waals surface area contributed by atoms with Crippen LogP contribution in [-0.4, -0.2) is 18.6 Å². The quantitative estimate of drug-likeness (QED) is 0.517. The van der Waals surface area contributed by atoms with Crippen molar-refractivity contribution in [3.63, 3.8) is 0 Å². The Balaban J connectivity index is 2.27. The van der Waals surface area contributed by atoms with Crippen LogP contribution in [0.15, 0.2) is 86.5 Å². The zero-order valence-electron chi connectivity index (χ0n) is 16.0. The van der Waals surface area contributed by atoms with Crippen LogP contribution in [0.4, 0.5) is 0 Å². The van der Waals surface area contributed by atoms with Crippen LogP contribution in [0, 0.1) is 0 Å². The van der Waals surface area contributed by atoms with Gasteiger partial charge < -0.3 is 9.64 Å². The molecule has 3 rings (SSSR count). The first-order valence-corrected chi connectivity index (χ1v) is 9.31. The molecule has 0 fully saturated rings. The average Bonchev–Trinajstić information content (AvgIpc) is 2.71. The molecule has 0 bridgehead atoms. The Morgan fingerprint density at radius 3 is 2.33 bits per heavy atom. The maximum Gasteiger partial charge on any atom is 0.118 e. The lowest BCUT2D eigenvalue weighted by molar-refractivity contribution is 0.323. The summed E-state index contributed by atoms with van der Waals surface area (Å²) in [6.07, 6.45) is 7.65. The van der Waals surface area contributed by atoms with Crippen LogP contribution < -0.4 is 4.74 Å². The van der Waals surface area contributed by atoms with Crippen molar-refractivity contribution in [2.45, 2.75) is 18.9 Å². The van der Waals surface area contributed by atoms with Gasteiger partial charge in [-0.1, -0.05) is 42.5 Å². The van der Waals surface area contributed by atoms with E-state index >= 15 is 0 Å². The first-order chi connectivity index (χ1) is 13.2. The number of ether oxygens (including phenoxy) is 1. The normalized spacial score (nSPS) is 15.9. The van der Waals surface area contributed by atoms with Crippen molar-refractivity contribution < 1.29 is 4.74 Å². The first kappa shape index (κ1) is 18.8. The number of hydrogen-bond acceptors (Lipinski definition) is 2. The van der Waals surface area contributed by atoms with Crippen molar-refractivity contribution in [3.05, 3.63) is 103 Å². The van der Waals surface area contributed by atoms with Gasteiger partial charge in [-0.2, -0.15) is 0 Å². The van der Waals surface area contributed by atoms with Gasteiger partial charge in [0.1, 0.15) is 5.75 Å². The fraction of sp³-hybridized carbons (Fsp3) is 0.200. The number of hydrogen-bond donors (Lipinski definition) is 0. The van der Waals surface area contributed by atoms with Gasteiger partial charge in [-0.25, -0.2) is 0 Å². The average molecular weight is 357 g/mol. The molecule has 1 aliphatic rings. The predicted molar refractivity (Wildman–Crippen MR) is 116 cm³/mol. The second-order valence-corrected chi connectivity index (χ2v) is 6.62. The van der Waals surface area contributed by atoms with Crippen molar-refractivity contribution in [2.24, 2.45) is 0 Å². The third kappa shape index (κ3) is 3.61. The molecule has 2 heteroatoms. The topological polar surface area (TPSA) is 12.5 Å². The Morgan fingerprint density at radius 2 is 1.70 bits per heavy atom. The number of nitrogens with zero attached hydrogens (tertiary/aromatic N) is 1. The highest BCUT2D eigenvalue weighted by atomic mass is 16.5. The van der Waals surface area contributed by atoms with Gasteiger partial charge in [0, 0.05) is 12.2 Å². The molecule has 0 saturated heterocycles. The fourth-order valence-corrected chi connectivity index (χ4v) is 3.90. The van der Waals surface area contributed by atoms with Gasteiger partial charge in [0.2, 0.25) is 0 Å². The highest BCUT2D eigenvalue weighted by Crippen LogP contribution is 2.46. The van der Waals surface area contributed by atoms with Gasteiger partial charge in [-0.15, -0.1) is 19.7 Å². The molecule has 2 aromatic carbocycles. The van der Waals surface area contributed by atoms with Crippen LogP contribution in [-0.2, 0) is 0 Å². The van der Waals surface area contributed by atoms with E-state index in [1.54, 1.807) is 7.11 Å². The molecule has 0 N–H and O–H groups in total. The molecule has 138 valence electrons. The zero-order valence-corrected chi connectivity index (χ0v) is 16.0. The maximum absolute atomic E-state index is 5.35. The molecule has 0 aromatic heterocycles. The summed E-state index contributed by atoms with van der Waals surface area (Å²) >= 11 is 0. The van der Waals surface area contributed by atoms with E-state index < -0.39 is 0 Å². The minimum atomic E-state index is 0.238. The molecule has 27 heavy (non-hydrogen) atoms. The summed E-state index contributed by atoms with van der Waals surface area (Å²) in [7, 11) is 1.69. The SMILES string of the molecule is C=CCC1=C(c2ccc(OC)cc2)N(CC=C)C(CC=C)c2ccccc21. The molecule has 0 saturated carbocycles. The van der Waals surface area contributed by atoms with E-state index in [1.165, 1.54) is 28.0 Å². The van der Waals surface area contributed by atoms with Crippen LogP contribution in [0.5, 0.6) is 5.75 Å². The third-order valence-electron chi connectivity index (χ3n) is 5.02. The Bertz CT molecular complexity index is 860. The van der Waals surface area contributed by atoms with Gasteiger partial charge in [0.25, 0.3) is 0 Å². The summed E-state index contributed by atoms with van der Waals surface area (Å²) in [6, 6.07) is 17.2. The summed E-state index contributed by atoms with van der Waals surface area (Å²) in [4.78, 5) is 2.44. The number of benzene rings is 2. The Kier molecular flexibility index (Phi) is 5.97. The van der Waals surface area contributed by atoms with Crippen LogP contribution in [0.2, 0.25) is 0 Å². The van der Waals surface area contributed by atoms with E-state index in [9.17, 15) is 0 Å². The minimum absolute atomic E-state index is 0.238. The molecule has 2 aromatic rings. The molecule has 0 aliphatic carbocycles. The van der Waals surface area contributed by atoms with Crippen molar-refractivity contribution in [3.8, 4) is 5.75 Å². The first-order valence-electron chi connectivity index (χ1n) is 9.31. The van der Waals surface area contributed by atoms with Gasteiger partial charge in [-0.3, -0.25) is 0 Å². The molecule has 0 amide bonds. The Morgan fingerprint density at radius 1 is 0.963 bits per heavy atom. The summed E-state index contributed by atoms with van der Waals surface area (Å²) in [5.74, 6) is 0.860. The van der Waals surface area contributed by atoms with E-state index in [4.69, 9.17) is 4.74 Å². The van der Waals surface area contributed by atoms with E-state index in [2.05, 4.69) is 61.0 Å². The number of methoxy groups -OCH3 is 1. The van der Waals surface area contributed by atoms with Crippen molar-refractivity contribution in [2.75, 3.05) is 13.7 Å². The number of fused-ring (bicyclic) bond motifs is 1. The summed E-state index contributed by atoms with van der Waals surface area (Å²) in [5.41, 5.74) is 6.36. The van der Waals surface area contributed by atoms with E-state index in [1.807, 2.05) is 30.4 Å². The standard InChI is InChI=1S/C25H27NO/c1-5-10-23-21-12-8-9-13-22(21)24(11-6-2)26(18-7-3)25(23)19-14-16-20(27-4)17-15-19/h5-9,12-17,24H,1-3,10-11,18H2,4H3. The lowest BCUT2D eigenvalue weighted by atomic mass is 9.83. The summed E-state index contributed by atoms with van der Waals surface area (Å²) in [5, 5.41) is 0. The molecular weight excluding hydrogens is 330 g/mol. The van der Waals surface area contributed by atoms with Crippen molar-refractivity contribution >= 4 is 11.3 Å². The van der Waals surface area contributed by atoms with Crippen LogP contribution >= 0.6 is 0 Å². The minimum Gasteiger partial charge on any atom is -0.497 e. The van der Waals surface area contributed by atoms with Gasteiger partial charge in [0.15, 0.2) is 0 Å². The van der Waals surface area contributed by atoms with Crippen LogP contribution in [0.3, 0.4) is 0 Å². The second-order valence-electron chi connectivity index (χ2n) is 6.62. The predicted octanol–water partition coefficient (Wildman–Crippen LogP) is 6.26. The monoisotopic (exact) mass is 357 g/mol. The van der Waals surface area contributed by atoms with E-state index in [-0.39, 0.29) is 6.04 Å². The fourth-order valence-electron chi connectivity index (χ4n) is 3.90. The Hall–Kier alpha value is -3.00. The van der Waals surface area contributed by atoms with Crippen molar-refractivity contribution in [1.29, 1.82) is 0 Å². The van der Waals surface area contributed by atoms with E-state index in [0.29, 0.717) is 0 Å². The molecule has 2 nitrogen and oxygen atoms in total. The molecule has 1 heterocycles. The second kappa shape index (κ2) is 8.59. The van der Waals surface area contributed by atoms with Gasteiger partial charge >= 0.3 is 0 Å². The third-order valence-corrected chi connectivity index (χ3v) is 5.02. The van der Waals surface area contributed by atoms with Gasteiger partial charge in [0.05, 0.1) is 13.2 Å². The Labute approximate surface area is 162 Å². The molecule has 0 radical (unpaired) electrons. The highest BCUT2D eigenvalue weighted by Gasteiger charge is 2.31.